The maximum Gasteiger partial charge on any atom is 0.133 e. The molecule has 19 heavy (non-hydrogen) atoms. The second kappa shape index (κ2) is 7.04. The number of aryl methyl sites for hydroxylation is 1. The van der Waals surface area contributed by atoms with Crippen molar-refractivity contribution in [3.63, 3.8) is 0 Å². The molecule has 0 aliphatic heterocycles. The molecule has 0 bridgehead atoms. The normalized spacial score (nSPS) is 24.0. The third-order valence-corrected chi connectivity index (χ3v) is 4.17. The molecule has 2 atom stereocenters. The SMILES string of the molecule is CC(C)CC1CCCC(NCCc2nncn2C)C1. The summed E-state index contributed by atoms with van der Waals surface area (Å²) in [6, 6.07) is 0.714. The summed E-state index contributed by atoms with van der Waals surface area (Å²) >= 11 is 0. The molecular formula is C15H28N4. The Morgan fingerprint density at radius 2 is 2.26 bits per heavy atom. The Labute approximate surface area is 117 Å². The van der Waals surface area contributed by atoms with Crippen molar-refractivity contribution in [2.45, 2.75) is 58.4 Å². The fourth-order valence-electron chi connectivity index (χ4n) is 3.28. The summed E-state index contributed by atoms with van der Waals surface area (Å²) in [7, 11) is 2.01. The fourth-order valence-corrected chi connectivity index (χ4v) is 3.28. The lowest BCUT2D eigenvalue weighted by Crippen LogP contribution is -2.36. The van der Waals surface area contributed by atoms with E-state index in [-0.39, 0.29) is 0 Å². The van der Waals surface area contributed by atoms with Crippen molar-refractivity contribution in [2.24, 2.45) is 18.9 Å². The summed E-state index contributed by atoms with van der Waals surface area (Å²) in [6.07, 6.45) is 9.65. The van der Waals surface area contributed by atoms with Crippen LogP contribution in [-0.2, 0) is 13.5 Å². The van der Waals surface area contributed by atoms with Gasteiger partial charge in [0.2, 0.25) is 0 Å². The molecule has 1 N–H and O–H groups in total. The first-order valence-corrected chi connectivity index (χ1v) is 7.71. The molecule has 1 aliphatic rings. The first kappa shape index (κ1) is 14.5. The molecule has 0 spiro atoms. The molecule has 4 heteroatoms. The highest BCUT2D eigenvalue weighted by atomic mass is 15.2. The third kappa shape index (κ3) is 4.60. The van der Waals surface area contributed by atoms with E-state index in [2.05, 4.69) is 29.4 Å². The minimum atomic E-state index is 0.714. The summed E-state index contributed by atoms with van der Waals surface area (Å²) in [5, 5.41) is 11.8. The van der Waals surface area contributed by atoms with E-state index in [4.69, 9.17) is 0 Å². The predicted molar refractivity (Wildman–Crippen MR) is 77.9 cm³/mol. The van der Waals surface area contributed by atoms with Crippen LogP contribution in [0.25, 0.3) is 0 Å². The van der Waals surface area contributed by atoms with Gasteiger partial charge in [0.25, 0.3) is 0 Å². The molecule has 1 aromatic rings. The van der Waals surface area contributed by atoms with Gasteiger partial charge in [-0.15, -0.1) is 10.2 Å². The van der Waals surface area contributed by atoms with Gasteiger partial charge in [-0.25, -0.2) is 0 Å². The van der Waals surface area contributed by atoms with Crippen molar-refractivity contribution in [1.29, 1.82) is 0 Å². The van der Waals surface area contributed by atoms with Crippen LogP contribution in [0.1, 0.15) is 51.8 Å². The molecule has 1 fully saturated rings. The van der Waals surface area contributed by atoms with E-state index >= 15 is 0 Å². The van der Waals surface area contributed by atoms with Gasteiger partial charge in [-0.05, 0) is 31.1 Å². The first-order valence-electron chi connectivity index (χ1n) is 7.71. The van der Waals surface area contributed by atoms with Crippen molar-refractivity contribution in [3.8, 4) is 0 Å². The summed E-state index contributed by atoms with van der Waals surface area (Å²) in [5.74, 6) is 2.84. The highest BCUT2D eigenvalue weighted by Crippen LogP contribution is 2.29. The minimum absolute atomic E-state index is 0.714. The van der Waals surface area contributed by atoms with Crippen LogP contribution in [0.15, 0.2) is 6.33 Å². The van der Waals surface area contributed by atoms with Crippen molar-refractivity contribution in [1.82, 2.24) is 20.1 Å². The molecule has 1 aromatic heterocycles. The zero-order valence-corrected chi connectivity index (χ0v) is 12.6. The second-order valence-electron chi connectivity index (χ2n) is 6.42. The number of hydrogen-bond acceptors (Lipinski definition) is 3. The zero-order valence-electron chi connectivity index (χ0n) is 12.6. The zero-order chi connectivity index (χ0) is 13.7. The maximum absolute atomic E-state index is 4.13. The Kier molecular flexibility index (Phi) is 5.37. The Bertz CT molecular complexity index is 372. The number of nitrogens with one attached hydrogen (secondary N) is 1. The summed E-state index contributed by atoms with van der Waals surface area (Å²) in [6.45, 7) is 5.70. The summed E-state index contributed by atoms with van der Waals surface area (Å²) in [5.41, 5.74) is 0. The van der Waals surface area contributed by atoms with Gasteiger partial charge in [0.1, 0.15) is 12.2 Å². The minimum Gasteiger partial charge on any atom is -0.321 e. The maximum atomic E-state index is 4.13. The molecule has 1 heterocycles. The van der Waals surface area contributed by atoms with Gasteiger partial charge in [-0.2, -0.15) is 0 Å². The lowest BCUT2D eigenvalue weighted by Gasteiger charge is -2.30. The van der Waals surface area contributed by atoms with E-state index in [1.54, 1.807) is 6.33 Å². The predicted octanol–water partition coefficient (Wildman–Crippen LogP) is 2.55. The number of hydrogen-bond donors (Lipinski definition) is 1. The van der Waals surface area contributed by atoms with Gasteiger partial charge >= 0.3 is 0 Å². The van der Waals surface area contributed by atoms with Crippen molar-refractivity contribution < 1.29 is 0 Å². The van der Waals surface area contributed by atoms with Crippen LogP contribution < -0.4 is 5.32 Å². The van der Waals surface area contributed by atoms with Gasteiger partial charge in [0.15, 0.2) is 0 Å². The van der Waals surface area contributed by atoms with Crippen molar-refractivity contribution in [2.75, 3.05) is 6.54 Å². The molecule has 2 rings (SSSR count). The summed E-state index contributed by atoms with van der Waals surface area (Å²) in [4.78, 5) is 0. The average Bonchev–Trinajstić information content (AvgIpc) is 2.75. The molecule has 108 valence electrons. The quantitative estimate of drug-likeness (QED) is 0.858. The van der Waals surface area contributed by atoms with E-state index in [1.165, 1.54) is 32.1 Å². The van der Waals surface area contributed by atoms with E-state index in [0.717, 1.165) is 30.6 Å². The van der Waals surface area contributed by atoms with E-state index in [0.29, 0.717) is 6.04 Å². The molecule has 4 nitrogen and oxygen atoms in total. The lowest BCUT2D eigenvalue weighted by molar-refractivity contribution is 0.253. The molecule has 2 unspecified atom stereocenters. The fraction of sp³-hybridized carbons (Fsp3) is 0.867. The van der Waals surface area contributed by atoms with Crippen LogP contribution in [0.2, 0.25) is 0 Å². The van der Waals surface area contributed by atoms with E-state index < -0.39 is 0 Å². The molecule has 0 radical (unpaired) electrons. The van der Waals surface area contributed by atoms with Crippen molar-refractivity contribution >= 4 is 0 Å². The Morgan fingerprint density at radius 1 is 1.42 bits per heavy atom. The number of nitrogens with zero attached hydrogens (tertiary/aromatic N) is 3. The first-order chi connectivity index (χ1) is 9.15. The molecule has 0 aromatic carbocycles. The van der Waals surface area contributed by atoms with Gasteiger partial charge in [-0.3, -0.25) is 0 Å². The third-order valence-electron chi connectivity index (χ3n) is 4.17. The van der Waals surface area contributed by atoms with Gasteiger partial charge < -0.3 is 9.88 Å². The molecular weight excluding hydrogens is 236 g/mol. The standard InChI is InChI=1S/C15H28N4/c1-12(2)9-13-5-4-6-14(10-13)16-8-7-15-18-17-11-19(15)3/h11-14,16H,4-10H2,1-3H3. The van der Waals surface area contributed by atoms with Crippen LogP contribution in [0.5, 0.6) is 0 Å². The van der Waals surface area contributed by atoms with E-state index in [9.17, 15) is 0 Å². The smallest absolute Gasteiger partial charge is 0.133 e. The Hall–Kier alpha value is -0.900. The molecule has 1 saturated carbocycles. The van der Waals surface area contributed by atoms with Gasteiger partial charge in [0.05, 0.1) is 0 Å². The highest BCUT2D eigenvalue weighted by molar-refractivity contribution is 4.86. The lowest BCUT2D eigenvalue weighted by atomic mass is 9.81. The van der Waals surface area contributed by atoms with Crippen LogP contribution in [0, 0.1) is 11.8 Å². The highest BCUT2D eigenvalue weighted by Gasteiger charge is 2.22. The topological polar surface area (TPSA) is 42.7 Å². The number of rotatable bonds is 6. The average molecular weight is 264 g/mol. The second-order valence-corrected chi connectivity index (χ2v) is 6.42. The Morgan fingerprint density at radius 3 is 2.95 bits per heavy atom. The van der Waals surface area contributed by atoms with Crippen molar-refractivity contribution in [3.05, 3.63) is 12.2 Å². The van der Waals surface area contributed by atoms with Crippen LogP contribution in [0.3, 0.4) is 0 Å². The number of aromatic nitrogens is 3. The van der Waals surface area contributed by atoms with E-state index in [1.807, 2.05) is 11.6 Å². The largest absolute Gasteiger partial charge is 0.321 e. The van der Waals surface area contributed by atoms with Crippen LogP contribution >= 0.6 is 0 Å². The van der Waals surface area contributed by atoms with Gasteiger partial charge in [0, 0.05) is 26.1 Å². The van der Waals surface area contributed by atoms with Gasteiger partial charge in [-0.1, -0.05) is 26.7 Å². The summed E-state index contributed by atoms with van der Waals surface area (Å²) < 4.78 is 2.00. The van der Waals surface area contributed by atoms with Crippen LogP contribution in [-0.4, -0.2) is 27.4 Å². The molecule has 0 saturated heterocycles. The molecule has 1 aliphatic carbocycles. The molecule has 0 amide bonds. The monoisotopic (exact) mass is 264 g/mol. The van der Waals surface area contributed by atoms with Crippen LogP contribution in [0.4, 0.5) is 0 Å². The Balaban J connectivity index is 1.69.